The summed E-state index contributed by atoms with van der Waals surface area (Å²) in [5.74, 6) is -0.784. The molecule has 0 aliphatic heterocycles. The van der Waals surface area contributed by atoms with Crippen molar-refractivity contribution in [1.82, 2.24) is 14.7 Å². The van der Waals surface area contributed by atoms with E-state index >= 15 is 0 Å². The number of aromatic nitrogens is 2. The Morgan fingerprint density at radius 2 is 2.11 bits per heavy atom. The third kappa shape index (κ3) is 5.03. The van der Waals surface area contributed by atoms with Gasteiger partial charge in [-0.2, -0.15) is 5.10 Å². The summed E-state index contributed by atoms with van der Waals surface area (Å²) in [6.07, 6.45) is 5.06. The molecule has 0 amide bonds. The summed E-state index contributed by atoms with van der Waals surface area (Å²) in [5, 5.41) is 13.5. The van der Waals surface area contributed by atoms with Crippen LogP contribution >= 0.6 is 0 Å². The van der Waals surface area contributed by atoms with E-state index in [2.05, 4.69) is 25.9 Å². The van der Waals surface area contributed by atoms with Gasteiger partial charge >= 0.3 is 5.97 Å². The van der Waals surface area contributed by atoms with Gasteiger partial charge in [-0.05, 0) is 31.9 Å². The third-order valence-electron chi connectivity index (χ3n) is 3.26. The number of nitrogens with zero attached hydrogens (tertiary/aromatic N) is 3. The molecule has 0 saturated heterocycles. The van der Waals surface area contributed by atoms with Crippen LogP contribution in [0.5, 0.6) is 0 Å². The molecule has 0 bridgehead atoms. The van der Waals surface area contributed by atoms with Crippen LogP contribution in [-0.2, 0) is 11.3 Å². The Morgan fingerprint density at radius 1 is 1.42 bits per heavy atom. The molecule has 1 aromatic rings. The van der Waals surface area contributed by atoms with E-state index in [-0.39, 0.29) is 6.54 Å². The highest BCUT2D eigenvalue weighted by Gasteiger charge is 2.13. The van der Waals surface area contributed by atoms with Gasteiger partial charge < -0.3 is 5.11 Å². The van der Waals surface area contributed by atoms with Gasteiger partial charge in [0.15, 0.2) is 0 Å². The second-order valence-electron chi connectivity index (χ2n) is 4.86. The standard InChI is InChI=1S/C14H25N3O2/c1-4-8-16(11-14(18)19)10-12-7-9-17(15-12)13(5-2)6-3/h7,9,13H,4-6,8,10-11H2,1-3H3,(H,18,19). The molecule has 0 aliphatic carbocycles. The summed E-state index contributed by atoms with van der Waals surface area (Å²) in [6, 6.07) is 2.43. The predicted octanol–water partition coefficient (Wildman–Crippen LogP) is 2.54. The topological polar surface area (TPSA) is 58.4 Å². The average Bonchev–Trinajstić information content (AvgIpc) is 2.78. The van der Waals surface area contributed by atoms with Crippen LogP contribution in [0.25, 0.3) is 0 Å². The first-order valence-electron chi connectivity index (χ1n) is 7.08. The molecular formula is C14H25N3O2. The van der Waals surface area contributed by atoms with Gasteiger partial charge in [0, 0.05) is 12.7 Å². The lowest BCUT2D eigenvalue weighted by Gasteiger charge is -2.18. The van der Waals surface area contributed by atoms with Crippen LogP contribution in [0.1, 0.15) is 51.8 Å². The first kappa shape index (κ1) is 15.7. The van der Waals surface area contributed by atoms with E-state index in [9.17, 15) is 4.79 Å². The third-order valence-corrected chi connectivity index (χ3v) is 3.26. The van der Waals surface area contributed by atoms with E-state index in [1.165, 1.54) is 0 Å². The van der Waals surface area contributed by atoms with Crippen molar-refractivity contribution in [3.05, 3.63) is 18.0 Å². The van der Waals surface area contributed by atoms with Crippen molar-refractivity contribution in [1.29, 1.82) is 0 Å². The molecule has 1 N–H and O–H groups in total. The van der Waals surface area contributed by atoms with E-state index in [1.807, 2.05) is 21.8 Å². The predicted molar refractivity (Wildman–Crippen MR) is 75.0 cm³/mol. The fourth-order valence-corrected chi connectivity index (χ4v) is 2.28. The van der Waals surface area contributed by atoms with Gasteiger partial charge in [0.2, 0.25) is 0 Å². The summed E-state index contributed by atoms with van der Waals surface area (Å²) in [6.45, 7) is 7.83. The molecule has 19 heavy (non-hydrogen) atoms. The molecule has 1 aromatic heterocycles. The van der Waals surface area contributed by atoms with Crippen molar-refractivity contribution in [2.45, 2.75) is 52.6 Å². The molecule has 0 fully saturated rings. The van der Waals surface area contributed by atoms with E-state index in [1.54, 1.807) is 0 Å². The number of hydrogen-bond acceptors (Lipinski definition) is 3. The average molecular weight is 267 g/mol. The summed E-state index contributed by atoms with van der Waals surface area (Å²) < 4.78 is 2.00. The Balaban J connectivity index is 2.66. The maximum atomic E-state index is 10.8. The smallest absolute Gasteiger partial charge is 0.317 e. The molecule has 1 rings (SSSR count). The first-order valence-corrected chi connectivity index (χ1v) is 7.08. The SMILES string of the molecule is CCCN(CC(=O)O)Cc1ccn(C(CC)CC)n1. The van der Waals surface area contributed by atoms with Crippen molar-refractivity contribution < 1.29 is 9.90 Å². The van der Waals surface area contributed by atoms with Crippen LogP contribution in [0.4, 0.5) is 0 Å². The highest BCUT2D eigenvalue weighted by Crippen LogP contribution is 2.15. The van der Waals surface area contributed by atoms with Gasteiger partial charge in [0.1, 0.15) is 0 Å². The number of carboxylic acids is 1. The zero-order chi connectivity index (χ0) is 14.3. The van der Waals surface area contributed by atoms with Crippen LogP contribution in [0.15, 0.2) is 12.3 Å². The molecule has 5 nitrogen and oxygen atoms in total. The Morgan fingerprint density at radius 3 is 2.63 bits per heavy atom. The fourth-order valence-electron chi connectivity index (χ4n) is 2.28. The molecule has 0 unspecified atom stereocenters. The number of carbonyl (C=O) groups is 1. The van der Waals surface area contributed by atoms with Crippen molar-refractivity contribution in [3.8, 4) is 0 Å². The van der Waals surface area contributed by atoms with Gasteiger partial charge in [-0.3, -0.25) is 14.4 Å². The van der Waals surface area contributed by atoms with Crippen LogP contribution in [0, 0.1) is 0 Å². The van der Waals surface area contributed by atoms with Crippen LogP contribution in [0.3, 0.4) is 0 Å². The highest BCUT2D eigenvalue weighted by molar-refractivity contribution is 5.69. The second kappa shape index (κ2) is 7.94. The van der Waals surface area contributed by atoms with Gasteiger partial charge in [-0.25, -0.2) is 0 Å². The van der Waals surface area contributed by atoms with Crippen LogP contribution in [0.2, 0.25) is 0 Å². The maximum absolute atomic E-state index is 10.8. The van der Waals surface area contributed by atoms with E-state index in [0.717, 1.165) is 31.5 Å². The van der Waals surface area contributed by atoms with Crippen molar-refractivity contribution in [2.24, 2.45) is 0 Å². The number of hydrogen-bond donors (Lipinski definition) is 1. The quantitative estimate of drug-likeness (QED) is 0.747. The summed E-state index contributed by atoms with van der Waals surface area (Å²) >= 11 is 0. The molecule has 0 aromatic carbocycles. The van der Waals surface area contributed by atoms with E-state index in [4.69, 9.17) is 5.11 Å². The Kier molecular flexibility index (Phi) is 6.56. The summed E-state index contributed by atoms with van der Waals surface area (Å²) in [5.41, 5.74) is 0.946. The first-order chi connectivity index (χ1) is 9.10. The minimum Gasteiger partial charge on any atom is -0.480 e. The maximum Gasteiger partial charge on any atom is 0.317 e. The lowest BCUT2D eigenvalue weighted by atomic mass is 10.2. The second-order valence-corrected chi connectivity index (χ2v) is 4.86. The molecule has 5 heteroatoms. The number of carboxylic acid groups (broad SMARTS) is 1. The molecule has 0 saturated carbocycles. The zero-order valence-corrected chi connectivity index (χ0v) is 12.2. The molecule has 0 aliphatic rings. The zero-order valence-electron chi connectivity index (χ0n) is 12.2. The molecule has 108 valence electrons. The summed E-state index contributed by atoms with van der Waals surface area (Å²) in [7, 11) is 0. The Bertz CT molecular complexity index is 386. The minimum absolute atomic E-state index is 0.0751. The van der Waals surface area contributed by atoms with Crippen LogP contribution in [-0.4, -0.2) is 38.8 Å². The fraction of sp³-hybridized carbons (Fsp3) is 0.714. The van der Waals surface area contributed by atoms with Gasteiger partial charge in [0.05, 0.1) is 18.3 Å². The van der Waals surface area contributed by atoms with Gasteiger partial charge in [0.25, 0.3) is 0 Å². The lowest BCUT2D eigenvalue weighted by molar-refractivity contribution is -0.138. The highest BCUT2D eigenvalue weighted by atomic mass is 16.4. The Hall–Kier alpha value is -1.36. The van der Waals surface area contributed by atoms with Gasteiger partial charge in [-0.1, -0.05) is 20.8 Å². The van der Waals surface area contributed by atoms with E-state index in [0.29, 0.717) is 12.6 Å². The Labute approximate surface area is 115 Å². The number of rotatable bonds is 9. The molecule has 0 atom stereocenters. The van der Waals surface area contributed by atoms with Crippen molar-refractivity contribution in [2.75, 3.05) is 13.1 Å². The molecule has 0 spiro atoms. The summed E-state index contributed by atoms with van der Waals surface area (Å²) in [4.78, 5) is 12.7. The van der Waals surface area contributed by atoms with E-state index < -0.39 is 5.97 Å². The monoisotopic (exact) mass is 267 g/mol. The molecular weight excluding hydrogens is 242 g/mol. The van der Waals surface area contributed by atoms with Crippen LogP contribution < -0.4 is 0 Å². The molecule has 0 radical (unpaired) electrons. The molecule has 1 heterocycles. The lowest BCUT2D eigenvalue weighted by Crippen LogP contribution is -2.30. The van der Waals surface area contributed by atoms with Gasteiger partial charge in [-0.15, -0.1) is 0 Å². The van der Waals surface area contributed by atoms with Crippen molar-refractivity contribution >= 4 is 5.97 Å². The number of aliphatic carboxylic acids is 1. The van der Waals surface area contributed by atoms with Crippen molar-refractivity contribution in [3.63, 3.8) is 0 Å². The normalized spacial score (nSPS) is 11.4. The largest absolute Gasteiger partial charge is 0.480 e. The minimum atomic E-state index is -0.784.